The monoisotopic (exact) mass is 232 g/mol. The fourth-order valence-electron chi connectivity index (χ4n) is 1.79. The van der Waals surface area contributed by atoms with Crippen LogP contribution in [0, 0.1) is 0 Å². The summed E-state index contributed by atoms with van der Waals surface area (Å²) >= 11 is 0. The van der Waals surface area contributed by atoms with Crippen molar-refractivity contribution in [3.63, 3.8) is 0 Å². The van der Waals surface area contributed by atoms with Crippen molar-refractivity contribution in [1.82, 2.24) is 30.1 Å². The van der Waals surface area contributed by atoms with E-state index in [0.717, 1.165) is 18.4 Å². The van der Waals surface area contributed by atoms with Crippen LogP contribution >= 0.6 is 0 Å². The SMILES string of the molecule is Cn1nnc(Cn2ccc(CNC3CC3)c2)n1. The van der Waals surface area contributed by atoms with Crippen LogP contribution in [0.25, 0.3) is 0 Å². The molecule has 0 amide bonds. The molecular formula is C11H16N6. The molecule has 3 rings (SSSR count). The summed E-state index contributed by atoms with van der Waals surface area (Å²) in [5, 5.41) is 15.4. The molecule has 0 spiro atoms. The average molecular weight is 232 g/mol. The van der Waals surface area contributed by atoms with Gasteiger partial charge in [0.25, 0.3) is 0 Å². The molecule has 1 N–H and O–H groups in total. The van der Waals surface area contributed by atoms with E-state index in [1.807, 2.05) is 0 Å². The van der Waals surface area contributed by atoms with Gasteiger partial charge >= 0.3 is 0 Å². The lowest BCUT2D eigenvalue weighted by Gasteiger charge is -1.99. The molecular weight excluding hydrogens is 216 g/mol. The number of tetrazole rings is 1. The molecule has 90 valence electrons. The van der Waals surface area contributed by atoms with Gasteiger partial charge in [0.1, 0.15) is 0 Å². The number of aryl methyl sites for hydroxylation is 1. The van der Waals surface area contributed by atoms with Crippen LogP contribution in [0.15, 0.2) is 18.5 Å². The van der Waals surface area contributed by atoms with Crippen molar-refractivity contribution in [2.45, 2.75) is 32.0 Å². The van der Waals surface area contributed by atoms with E-state index in [1.54, 1.807) is 7.05 Å². The topological polar surface area (TPSA) is 60.6 Å². The van der Waals surface area contributed by atoms with Crippen molar-refractivity contribution >= 4 is 0 Å². The molecule has 0 radical (unpaired) electrons. The third kappa shape index (κ3) is 2.71. The molecule has 2 heterocycles. The number of hydrogen-bond donors (Lipinski definition) is 1. The largest absolute Gasteiger partial charge is 0.346 e. The van der Waals surface area contributed by atoms with Gasteiger partial charge in [0.2, 0.25) is 0 Å². The number of nitrogens with one attached hydrogen (secondary N) is 1. The first-order valence-electron chi connectivity index (χ1n) is 5.90. The zero-order chi connectivity index (χ0) is 11.7. The van der Waals surface area contributed by atoms with Crippen molar-refractivity contribution in [1.29, 1.82) is 0 Å². The van der Waals surface area contributed by atoms with E-state index in [2.05, 4.69) is 43.8 Å². The number of aromatic nitrogens is 5. The Hall–Kier alpha value is -1.69. The Morgan fingerprint density at radius 2 is 2.35 bits per heavy atom. The normalized spacial score (nSPS) is 15.4. The molecule has 0 bridgehead atoms. The smallest absolute Gasteiger partial charge is 0.194 e. The molecule has 1 aliphatic rings. The molecule has 0 aromatic carbocycles. The zero-order valence-electron chi connectivity index (χ0n) is 9.87. The molecule has 6 heteroatoms. The fourth-order valence-corrected chi connectivity index (χ4v) is 1.79. The van der Waals surface area contributed by atoms with Crippen LogP contribution in [-0.4, -0.2) is 30.8 Å². The molecule has 0 aliphatic heterocycles. The summed E-state index contributed by atoms with van der Waals surface area (Å²) in [7, 11) is 1.77. The minimum atomic E-state index is 0.678. The molecule has 1 aliphatic carbocycles. The van der Waals surface area contributed by atoms with Crippen molar-refractivity contribution in [2.24, 2.45) is 7.05 Å². The minimum absolute atomic E-state index is 0.678. The van der Waals surface area contributed by atoms with Gasteiger partial charge in [-0.3, -0.25) is 0 Å². The first kappa shape index (κ1) is 10.5. The molecule has 0 saturated heterocycles. The van der Waals surface area contributed by atoms with Crippen LogP contribution in [0.1, 0.15) is 24.2 Å². The van der Waals surface area contributed by atoms with E-state index in [1.165, 1.54) is 23.2 Å². The van der Waals surface area contributed by atoms with E-state index in [-0.39, 0.29) is 0 Å². The predicted octanol–water partition coefficient (Wildman–Crippen LogP) is 0.312. The quantitative estimate of drug-likeness (QED) is 0.806. The maximum Gasteiger partial charge on any atom is 0.194 e. The van der Waals surface area contributed by atoms with Gasteiger partial charge in [-0.05, 0) is 29.7 Å². The number of rotatable bonds is 5. The lowest BCUT2D eigenvalue weighted by Crippen LogP contribution is -2.14. The molecule has 1 fully saturated rings. The van der Waals surface area contributed by atoms with Gasteiger partial charge in [0.15, 0.2) is 5.82 Å². The van der Waals surface area contributed by atoms with Gasteiger partial charge in [-0.1, -0.05) is 0 Å². The second-order valence-corrected chi connectivity index (χ2v) is 4.54. The van der Waals surface area contributed by atoms with Crippen molar-refractivity contribution in [2.75, 3.05) is 0 Å². The first-order valence-corrected chi connectivity index (χ1v) is 5.90. The third-order valence-electron chi connectivity index (χ3n) is 2.86. The minimum Gasteiger partial charge on any atom is -0.346 e. The number of hydrogen-bond acceptors (Lipinski definition) is 4. The summed E-state index contributed by atoms with van der Waals surface area (Å²) in [5.74, 6) is 0.741. The van der Waals surface area contributed by atoms with Crippen LogP contribution in [0.2, 0.25) is 0 Å². The second-order valence-electron chi connectivity index (χ2n) is 4.54. The highest BCUT2D eigenvalue weighted by Crippen LogP contribution is 2.19. The van der Waals surface area contributed by atoms with Crippen molar-refractivity contribution in [3.05, 3.63) is 29.8 Å². The summed E-state index contributed by atoms with van der Waals surface area (Å²) in [5.41, 5.74) is 1.31. The molecule has 2 aromatic rings. The lowest BCUT2D eigenvalue weighted by molar-refractivity contribution is 0.625. The summed E-state index contributed by atoms with van der Waals surface area (Å²) in [6.07, 6.45) is 6.83. The summed E-state index contributed by atoms with van der Waals surface area (Å²) in [6, 6.07) is 2.88. The van der Waals surface area contributed by atoms with E-state index < -0.39 is 0 Å². The number of nitrogens with zero attached hydrogens (tertiary/aromatic N) is 5. The predicted molar refractivity (Wildman–Crippen MR) is 62.2 cm³/mol. The molecule has 6 nitrogen and oxygen atoms in total. The Labute approximate surface area is 99.6 Å². The van der Waals surface area contributed by atoms with E-state index in [4.69, 9.17) is 0 Å². The summed E-state index contributed by atoms with van der Waals surface area (Å²) < 4.78 is 2.08. The van der Waals surface area contributed by atoms with Gasteiger partial charge < -0.3 is 9.88 Å². The standard InChI is InChI=1S/C11H16N6/c1-16-14-11(13-15-16)8-17-5-4-9(7-17)6-12-10-2-3-10/h4-5,7,10,12H,2-3,6,8H2,1H3. The Bertz CT molecular complexity index is 496. The van der Waals surface area contributed by atoms with Gasteiger partial charge in [-0.2, -0.15) is 4.80 Å². The average Bonchev–Trinajstić information content (AvgIpc) is 2.90. The highest BCUT2D eigenvalue weighted by molar-refractivity contribution is 5.11. The first-order chi connectivity index (χ1) is 8.29. The Balaban J connectivity index is 1.59. The molecule has 17 heavy (non-hydrogen) atoms. The van der Waals surface area contributed by atoms with Gasteiger partial charge in [-0.15, -0.1) is 10.2 Å². The third-order valence-corrected chi connectivity index (χ3v) is 2.86. The highest BCUT2D eigenvalue weighted by Gasteiger charge is 2.19. The van der Waals surface area contributed by atoms with E-state index in [0.29, 0.717) is 6.54 Å². The molecule has 2 aromatic heterocycles. The molecule has 0 atom stereocenters. The van der Waals surface area contributed by atoms with Crippen molar-refractivity contribution < 1.29 is 0 Å². The maximum absolute atomic E-state index is 4.16. The second kappa shape index (κ2) is 4.29. The Morgan fingerprint density at radius 1 is 1.47 bits per heavy atom. The zero-order valence-corrected chi connectivity index (χ0v) is 9.87. The van der Waals surface area contributed by atoms with Gasteiger partial charge in [0, 0.05) is 25.0 Å². The van der Waals surface area contributed by atoms with Gasteiger partial charge in [-0.25, -0.2) is 0 Å². The molecule has 0 unspecified atom stereocenters. The molecule has 1 saturated carbocycles. The van der Waals surface area contributed by atoms with E-state index >= 15 is 0 Å². The van der Waals surface area contributed by atoms with Crippen LogP contribution in [0.4, 0.5) is 0 Å². The van der Waals surface area contributed by atoms with Crippen LogP contribution < -0.4 is 5.32 Å². The Morgan fingerprint density at radius 3 is 3.06 bits per heavy atom. The fraction of sp³-hybridized carbons (Fsp3) is 0.545. The van der Waals surface area contributed by atoms with Gasteiger partial charge in [0.05, 0.1) is 13.6 Å². The lowest BCUT2D eigenvalue weighted by atomic mass is 10.3. The van der Waals surface area contributed by atoms with E-state index in [9.17, 15) is 0 Å². The Kier molecular flexibility index (Phi) is 2.64. The van der Waals surface area contributed by atoms with Crippen LogP contribution in [0.5, 0.6) is 0 Å². The summed E-state index contributed by atoms with van der Waals surface area (Å²) in [6.45, 7) is 1.63. The highest BCUT2D eigenvalue weighted by atomic mass is 15.6. The summed E-state index contributed by atoms with van der Waals surface area (Å²) in [4.78, 5) is 1.48. The van der Waals surface area contributed by atoms with Crippen molar-refractivity contribution in [3.8, 4) is 0 Å². The van der Waals surface area contributed by atoms with Crippen LogP contribution in [-0.2, 0) is 20.1 Å². The van der Waals surface area contributed by atoms with Crippen LogP contribution in [0.3, 0.4) is 0 Å². The maximum atomic E-state index is 4.16.